The molecule has 0 unspecified atom stereocenters. The highest BCUT2D eigenvalue weighted by Crippen LogP contribution is 2.33. The predicted molar refractivity (Wildman–Crippen MR) is 89.3 cm³/mol. The van der Waals surface area contributed by atoms with Crippen LogP contribution < -0.4 is 0 Å². The highest BCUT2D eigenvalue weighted by atomic mass is 16.6. The standard InChI is InChI=1S/C17H19N3O2/c1-17(2,3)16-8-11(6-7-18-16)14-10-19-15-5-4-12(20(21)22)9-13(14)15/h4-5,8-10,19H,6-7H2,1-3H3. The van der Waals surface area contributed by atoms with Crippen LogP contribution in [-0.4, -0.2) is 22.2 Å². The molecule has 0 bridgehead atoms. The van der Waals surface area contributed by atoms with Gasteiger partial charge in [-0.3, -0.25) is 15.1 Å². The molecule has 2 aromatic rings. The number of aliphatic imine (C=N–C) groups is 1. The summed E-state index contributed by atoms with van der Waals surface area (Å²) in [4.78, 5) is 18.5. The van der Waals surface area contributed by atoms with Gasteiger partial charge in [0.1, 0.15) is 0 Å². The Labute approximate surface area is 128 Å². The highest BCUT2D eigenvalue weighted by molar-refractivity contribution is 6.07. The summed E-state index contributed by atoms with van der Waals surface area (Å²) in [5, 5.41) is 11.9. The first-order chi connectivity index (χ1) is 10.4. The van der Waals surface area contributed by atoms with E-state index < -0.39 is 0 Å². The number of H-pyrrole nitrogens is 1. The summed E-state index contributed by atoms with van der Waals surface area (Å²) in [5.41, 5.74) is 4.34. The fourth-order valence-electron chi connectivity index (χ4n) is 2.73. The second kappa shape index (κ2) is 5.09. The van der Waals surface area contributed by atoms with Crippen LogP contribution in [0.3, 0.4) is 0 Å². The largest absolute Gasteiger partial charge is 0.361 e. The molecular weight excluding hydrogens is 278 g/mol. The van der Waals surface area contributed by atoms with Crippen molar-refractivity contribution >= 4 is 27.9 Å². The lowest BCUT2D eigenvalue weighted by Crippen LogP contribution is -2.21. The van der Waals surface area contributed by atoms with Gasteiger partial charge in [0, 0.05) is 52.5 Å². The maximum Gasteiger partial charge on any atom is 0.270 e. The van der Waals surface area contributed by atoms with E-state index in [4.69, 9.17) is 0 Å². The normalized spacial score (nSPS) is 15.6. The van der Waals surface area contributed by atoms with E-state index in [0.29, 0.717) is 0 Å². The van der Waals surface area contributed by atoms with Crippen molar-refractivity contribution < 1.29 is 4.92 Å². The molecule has 2 heterocycles. The predicted octanol–water partition coefficient (Wildman–Crippen LogP) is 4.35. The van der Waals surface area contributed by atoms with Crippen molar-refractivity contribution in [3.8, 4) is 0 Å². The van der Waals surface area contributed by atoms with Crippen molar-refractivity contribution in [3.05, 3.63) is 46.1 Å². The van der Waals surface area contributed by atoms with Gasteiger partial charge in [0.2, 0.25) is 0 Å². The SMILES string of the molecule is CC(C)(C)C1=NCCC(c2c[nH]c3ccc([N+](=O)[O-])cc23)=C1. The number of nitrogens with zero attached hydrogens (tertiary/aromatic N) is 2. The Morgan fingerprint density at radius 2 is 2.09 bits per heavy atom. The molecule has 1 N–H and O–H groups in total. The number of rotatable bonds is 2. The molecule has 0 radical (unpaired) electrons. The van der Waals surface area contributed by atoms with Crippen molar-refractivity contribution in [3.63, 3.8) is 0 Å². The van der Waals surface area contributed by atoms with E-state index in [1.807, 2.05) is 6.20 Å². The quantitative estimate of drug-likeness (QED) is 0.661. The van der Waals surface area contributed by atoms with E-state index in [2.05, 4.69) is 36.8 Å². The number of non-ortho nitro benzene ring substituents is 1. The number of benzene rings is 1. The fourth-order valence-corrected chi connectivity index (χ4v) is 2.73. The molecule has 5 heteroatoms. The van der Waals surface area contributed by atoms with Crippen molar-refractivity contribution in [2.45, 2.75) is 27.2 Å². The van der Waals surface area contributed by atoms with Crippen LogP contribution in [0.15, 0.2) is 35.5 Å². The Morgan fingerprint density at radius 1 is 1.32 bits per heavy atom. The van der Waals surface area contributed by atoms with E-state index in [1.54, 1.807) is 12.1 Å². The van der Waals surface area contributed by atoms with Crippen LogP contribution in [0.1, 0.15) is 32.8 Å². The van der Waals surface area contributed by atoms with E-state index in [9.17, 15) is 10.1 Å². The van der Waals surface area contributed by atoms with Gasteiger partial charge in [0.15, 0.2) is 0 Å². The molecule has 0 fully saturated rings. The molecule has 0 saturated heterocycles. The molecule has 1 aliphatic heterocycles. The number of hydrogen-bond donors (Lipinski definition) is 1. The van der Waals surface area contributed by atoms with E-state index in [0.717, 1.165) is 35.1 Å². The first-order valence-corrected chi connectivity index (χ1v) is 7.37. The number of hydrogen-bond acceptors (Lipinski definition) is 3. The van der Waals surface area contributed by atoms with Gasteiger partial charge in [-0.2, -0.15) is 0 Å². The molecule has 1 aliphatic rings. The Kier molecular flexibility index (Phi) is 3.35. The number of dihydropyridines is 1. The van der Waals surface area contributed by atoms with E-state index in [1.165, 1.54) is 11.6 Å². The van der Waals surface area contributed by atoms with Crippen LogP contribution in [0.2, 0.25) is 0 Å². The zero-order valence-electron chi connectivity index (χ0n) is 13.0. The average Bonchev–Trinajstić information content (AvgIpc) is 2.89. The van der Waals surface area contributed by atoms with Crippen LogP contribution in [-0.2, 0) is 0 Å². The van der Waals surface area contributed by atoms with Gasteiger partial charge in [-0.25, -0.2) is 0 Å². The van der Waals surface area contributed by atoms with Crippen LogP contribution >= 0.6 is 0 Å². The van der Waals surface area contributed by atoms with Crippen molar-refractivity contribution in [2.24, 2.45) is 10.4 Å². The molecule has 22 heavy (non-hydrogen) atoms. The zero-order valence-corrected chi connectivity index (χ0v) is 13.0. The number of aromatic nitrogens is 1. The van der Waals surface area contributed by atoms with Crippen molar-refractivity contribution in [1.82, 2.24) is 4.98 Å². The molecule has 0 amide bonds. The molecule has 0 atom stereocenters. The Morgan fingerprint density at radius 3 is 2.77 bits per heavy atom. The Bertz CT molecular complexity index is 807. The van der Waals surface area contributed by atoms with Gasteiger partial charge in [-0.1, -0.05) is 20.8 Å². The molecule has 0 aliphatic carbocycles. The third-order valence-electron chi connectivity index (χ3n) is 3.96. The van der Waals surface area contributed by atoms with Gasteiger partial charge in [-0.05, 0) is 24.1 Å². The smallest absolute Gasteiger partial charge is 0.270 e. The minimum absolute atomic E-state index is 0.00375. The zero-order chi connectivity index (χ0) is 15.9. The van der Waals surface area contributed by atoms with Gasteiger partial charge >= 0.3 is 0 Å². The van der Waals surface area contributed by atoms with Crippen molar-refractivity contribution in [1.29, 1.82) is 0 Å². The summed E-state index contributed by atoms with van der Waals surface area (Å²) in [7, 11) is 0. The summed E-state index contributed by atoms with van der Waals surface area (Å²) in [6.45, 7) is 7.20. The maximum absolute atomic E-state index is 11.0. The summed E-state index contributed by atoms with van der Waals surface area (Å²) >= 11 is 0. The second-order valence-corrected chi connectivity index (χ2v) is 6.63. The van der Waals surface area contributed by atoms with Crippen LogP contribution in [0.25, 0.3) is 16.5 Å². The van der Waals surface area contributed by atoms with E-state index in [-0.39, 0.29) is 16.0 Å². The third-order valence-corrected chi connectivity index (χ3v) is 3.96. The maximum atomic E-state index is 11.0. The number of fused-ring (bicyclic) bond motifs is 1. The molecule has 5 nitrogen and oxygen atoms in total. The van der Waals surface area contributed by atoms with Gasteiger partial charge < -0.3 is 4.98 Å². The minimum Gasteiger partial charge on any atom is -0.361 e. The minimum atomic E-state index is -0.354. The number of allylic oxidation sites excluding steroid dienone is 1. The Balaban J connectivity index is 2.10. The van der Waals surface area contributed by atoms with Crippen LogP contribution in [0.4, 0.5) is 5.69 Å². The first-order valence-electron chi connectivity index (χ1n) is 7.37. The lowest BCUT2D eigenvalue weighted by molar-refractivity contribution is -0.384. The second-order valence-electron chi connectivity index (χ2n) is 6.63. The molecular formula is C17H19N3O2. The van der Waals surface area contributed by atoms with Gasteiger partial charge in [0.05, 0.1) is 4.92 Å². The number of nitro benzene ring substituents is 1. The van der Waals surface area contributed by atoms with Crippen LogP contribution in [0, 0.1) is 15.5 Å². The third kappa shape index (κ3) is 2.54. The molecule has 1 aromatic carbocycles. The molecule has 1 aromatic heterocycles. The van der Waals surface area contributed by atoms with Crippen LogP contribution in [0.5, 0.6) is 0 Å². The Hall–Kier alpha value is -2.43. The summed E-state index contributed by atoms with van der Waals surface area (Å²) in [6, 6.07) is 4.93. The lowest BCUT2D eigenvalue weighted by atomic mass is 9.85. The number of aromatic amines is 1. The lowest BCUT2D eigenvalue weighted by Gasteiger charge is -2.23. The fraction of sp³-hybridized carbons (Fsp3) is 0.353. The monoisotopic (exact) mass is 297 g/mol. The number of nitro groups is 1. The first kappa shape index (κ1) is 14.5. The average molecular weight is 297 g/mol. The van der Waals surface area contributed by atoms with E-state index >= 15 is 0 Å². The summed E-state index contributed by atoms with van der Waals surface area (Å²) in [6.07, 6.45) is 4.92. The molecule has 0 spiro atoms. The van der Waals surface area contributed by atoms with Gasteiger partial charge in [-0.15, -0.1) is 0 Å². The highest BCUT2D eigenvalue weighted by Gasteiger charge is 2.21. The van der Waals surface area contributed by atoms with Gasteiger partial charge in [0.25, 0.3) is 5.69 Å². The topological polar surface area (TPSA) is 71.3 Å². The molecule has 114 valence electrons. The number of nitrogens with one attached hydrogen (secondary N) is 1. The molecule has 3 rings (SSSR count). The van der Waals surface area contributed by atoms with Crippen molar-refractivity contribution in [2.75, 3.05) is 6.54 Å². The summed E-state index contributed by atoms with van der Waals surface area (Å²) < 4.78 is 0. The molecule has 0 saturated carbocycles. The summed E-state index contributed by atoms with van der Waals surface area (Å²) in [5.74, 6) is 0.